The first kappa shape index (κ1) is 22.3. The van der Waals surface area contributed by atoms with Gasteiger partial charge in [0.2, 0.25) is 0 Å². The van der Waals surface area contributed by atoms with E-state index in [1.54, 1.807) is 18.4 Å². The molecule has 0 unspecified atom stereocenters. The number of anilines is 1. The molecule has 0 radical (unpaired) electrons. The smallest absolute Gasteiger partial charge is 0.412 e. The number of carbonyl (C=O) groups is 1. The van der Waals surface area contributed by atoms with Crippen molar-refractivity contribution in [3.05, 3.63) is 59.7 Å². The summed E-state index contributed by atoms with van der Waals surface area (Å²) in [5.74, 6) is 0.519. The zero-order valence-electron chi connectivity index (χ0n) is 17.6. The van der Waals surface area contributed by atoms with Crippen molar-refractivity contribution in [2.75, 3.05) is 11.9 Å². The van der Waals surface area contributed by atoms with Crippen LogP contribution in [0.4, 0.5) is 10.5 Å². The second-order valence-electron chi connectivity index (χ2n) is 8.39. The minimum absolute atomic E-state index is 0.296. The molecule has 1 N–H and O–H groups in total. The van der Waals surface area contributed by atoms with Crippen LogP contribution in [0.25, 0.3) is 0 Å². The van der Waals surface area contributed by atoms with Crippen molar-refractivity contribution in [3.63, 3.8) is 0 Å². The number of hydrogen-bond acceptors (Lipinski definition) is 5. The summed E-state index contributed by atoms with van der Waals surface area (Å²) in [5.41, 5.74) is 1.81. The van der Waals surface area contributed by atoms with E-state index in [1.807, 2.05) is 71.0 Å². The topological polar surface area (TPSA) is 80.6 Å². The van der Waals surface area contributed by atoms with E-state index in [2.05, 4.69) is 5.32 Å². The molecule has 0 atom stereocenters. The maximum Gasteiger partial charge on any atom is 0.412 e. The first-order valence-corrected chi connectivity index (χ1v) is 9.44. The Hall–Kier alpha value is -3.04. The molecule has 0 heterocycles. The lowest BCUT2D eigenvalue weighted by atomic mass is 10.0. The minimum Gasteiger partial charge on any atom is -0.441 e. The summed E-state index contributed by atoms with van der Waals surface area (Å²) in [6.45, 7) is 9.81. The van der Waals surface area contributed by atoms with E-state index in [9.17, 15) is 4.79 Å². The number of benzene rings is 2. The third kappa shape index (κ3) is 8.24. The summed E-state index contributed by atoms with van der Waals surface area (Å²) < 4.78 is 16.0. The van der Waals surface area contributed by atoms with Gasteiger partial charge in [0, 0.05) is 5.69 Å². The first-order chi connectivity index (χ1) is 13.6. The van der Waals surface area contributed by atoms with Crippen molar-refractivity contribution in [3.8, 4) is 12.0 Å². The predicted molar refractivity (Wildman–Crippen MR) is 112 cm³/mol. The van der Waals surface area contributed by atoms with Crippen LogP contribution in [-0.4, -0.2) is 23.9 Å². The number of nitriles is 1. The van der Waals surface area contributed by atoms with Gasteiger partial charge >= 0.3 is 6.09 Å². The van der Waals surface area contributed by atoms with Gasteiger partial charge in [0.15, 0.2) is 0 Å². The van der Waals surface area contributed by atoms with Gasteiger partial charge in [-0.1, -0.05) is 24.3 Å². The van der Waals surface area contributed by atoms with Crippen molar-refractivity contribution in [2.24, 2.45) is 0 Å². The Morgan fingerprint density at radius 1 is 0.966 bits per heavy atom. The molecule has 0 spiro atoms. The SMILES string of the molecule is CC(C)(C)OCC(C)(C)OC(=O)Nc1ccc(Cc2ccc(OC#N)cc2)cc1. The Kier molecular flexibility index (Phi) is 7.24. The van der Waals surface area contributed by atoms with Gasteiger partial charge < -0.3 is 14.2 Å². The molecule has 29 heavy (non-hydrogen) atoms. The normalized spacial score (nSPS) is 11.4. The second-order valence-corrected chi connectivity index (χ2v) is 8.39. The summed E-state index contributed by atoms with van der Waals surface area (Å²) in [4.78, 5) is 12.2. The summed E-state index contributed by atoms with van der Waals surface area (Å²) in [6, 6.07) is 14.9. The van der Waals surface area contributed by atoms with Gasteiger partial charge in [0.25, 0.3) is 6.26 Å². The van der Waals surface area contributed by atoms with E-state index in [0.717, 1.165) is 17.5 Å². The number of nitrogens with zero attached hydrogens (tertiary/aromatic N) is 1. The molecule has 2 aromatic carbocycles. The molecule has 0 fully saturated rings. The second kappa shape index (κ2) is 9.44. The molecule has 154 valence electrons. The Labute approximate surface area is 172 Å². The van der Waals surface area contributed by atoms with E-state index in [1.165, 1.54) is 0 Å². The molecule has 1 amide bonds. The molecule has 0 bridgehead atoms. The Balaban J connectivity index is 1.88. The van der Waals surface area contributed by atoms with Gasteiger partial charge in [-0.15, -0.1) is 5.26 Å². The number of hydrogen-bond donors (Lipinski definition) is 1. The van der Waals surface area contributed by atoms with Gasteiger partial charge in [0.05, 0.1) is 12.2 Å². The van der Waals surface area contributed by atoms with E-state index in [0.29, 0.717) is 18.0 Å². The summed E-state index contributed by atoms with van der Waals surface area (Å²) in [5, 5.41) is 11.3. The fraction of sp³-hybridized carbons (Fsp3) is 0.391. The van der Waals surface area contributed by atoms with Gasteiger partial charge in [-0.05, 0) is 76.4 Å². The minimum atomic E-state index is -0.737. The van der Waals surface area contributed by atoms with E-state index < -0.39 is 11.7 Å². The third-order valence-electron chi connectivity index (χ3n) is 3.92. The molecule has 2 rings (SSSR count). The molecule has 2 aromatic rings. The monoisotopic (exact) mass is 396 g/mol. The highest BCUT2D eigenvalue weighted by Gasteiger charge is 2.26. The van der Waals surface area contributed by atoms with Gasteiger partial charge in [-0.25, -0.2) is 4.79 Å². The van der Waals surface area contributed by atoms with E-state index in [-0.39, 0.29) is 5.60 Å². The van der Waals surface area contributed by atoms with E-state index in [4.69, 9.17) is 19.5 Å². The van der Waals surface area contributed by atoms with E-state index >= 15 is 0 Å². The van der Waals surface area contributed by atoms with Crippen molar-refractivity contribution < 1.29 is 19.0 Å². The molecule has 0 aliphatic heterocycles. The van der Waals surface area contributed by atoms with Crippen LogP contribution < -0.4 is 10.1 Å². The molecule has 6 nitrogen and oxygen atoms in total. The molecule has 0 saturated heterocycles. The zero-order valence-corrected chi connectivity index (χ0v) is 17.6. The fourth-order valence-electron chi connectivity index (χ4n) is 2.48. The standard InChI is InChI=1S/C23H28N2O4/c1-22(2,3)28-15-23(4,5)29-21(26)25-19-10-6-17(7-11-19)14-18-8-12-20(13-9-18)27-16-24/h6-13H,14-15H2,1-5H3,(H,25,26). The predicted octanol–water partition coefficient (Wildman–Crippen LogP) is 5.28. The van der Waals surface area contributed by atoms with Gasteiger partial charge in [-0.3, -0.25) is 5.32 Å². The van der Waals surface area contributed by atoms with Crippen molar-refractivity contribution in [1.82, 2.24) is 0 Å². The zero-order chi connectivity index (χ0) is 21.5. The fourth-order valence-corrected chi connectivity index (χ4v) is 2.48. The highest BCUT2D eigenvalue weighted by Crippen LogP contribution is 2.19. The number of carbonyl (C=O) groups excluding carboxylic acids is 1. The third-order valence-corrected chi connectivity index (χ3v) is 3.92. The molecule has 6 heteroatoms. The maximum atomic E-state index is 12.2. The van der Waals surface area contributed by atoms with Crippen LogP contribution in [0.2, 0.25) is 0 Å². The number of nitrogens with one attached hydrogen (secondary N) is 1. The average Bonchev–Trinajstić information content (AvgIpc) is 2.63. The van der Waals surface area contributed by atoms with Crippen LogP contribution in [0.15, 0.2) is 48.5 Å². The highest BCUT2D eigenvalue weighted by atomic mass is 16.6. The van der Waals surface area contributed by atoms with Crippen molar-refractivity contribution in [1.29, 1.82) is 5.26 Å². The van der Waals surface area contributed by atoms with Crippen LogP contribution in [0.1, 0.15) is 45.7 Å². The molecule has 0 aromatic heterocycles. The van der Waals surface area contributed by atoms with Crippen LogP contribution >= 0.6 is 0 Å². The molecular formula is C23H28N2O4. The Morgan fingerprint density at radius 3 is 2.03 bits per heavy atom. The first-order valence-electron chi connectivity index (χ1n) is 9.44. The Morgan fingerprint density at radius 2 is 1.52 bits per heavy atom. The number of amides is 1. The average molecular weight is 396 g/mol. The number of ether oxygens (including phenoxy) is 3. The van der Waals surface area contributed by atoms with Crippen molar-refractivity contribution in [2.45, 2.75) is 52.2 Å². The quantitative estimate of drug-likeness (QED) is 0.644. The van der Waals surface area contributed by atoms with Gasteiger partial charge in [0.1, 0.15) is 11.4 Å². The molecule has 0 aliphatic carbocycles. The highest BCUT2D eigenvalue weighted by molar-refractivity contribution is 5.84. The Bertz CT molecular complexity index is 844. The largest absolute Gasteiger partial charge is 0.441 e. The lowest BCUT2D eigenvalue weighted by Crippen LogP contribution is -2.38. The van der Waals surface area contributed by atoms with Crippen LogP contribution in [0.3, 0.4) is 0 Å². The van der Waals surface area contributed by atoms with Crippen LogP contribution in [0.5, 0.6) is 5.75 Å². The molecule has 0 saturated carbocycles. The molecule has 0 aliphatic rings. The summed E-state index contributed by atoms with van der Waals surface area (Å²) >= 11 is 0. The lowest BCUT2D eigenvalue weighted by Gasteiger charge is -2.29. The molecular weight excluding hydrogens is 368 g/mol. The number of rotatable bonds is 7. The maximum absolute atomic E-state index is 12.2. The lowest BCUT2D eigenvalue weighted by molar-refractivity contribution is -0.0843. The van der Waals surface area contributed by atoms with Crippen LogP contribution in [0, 0.1) is 11.5 Å². The van der Waals surface area contributed by atoms with Crippen LogP contribution in [-0.2, 0) is 15.9 Å². The summed E-state index contributed by atoms with van der Waals surface area (Å²) in [7, 11) is 0. The van der Waals surface area contributed by atoms with Gasteiger partial charge in [-0.2, -0.15) is 0 Å². The summed E-state index contributed by atoms with van der Waals surface area (Å²) in [6.07, 6.45) is 1.86. The van der Waals surface area contributed by atoms with Crippen molar-refractivity contribution >= 4 is 11.8 Å².